The van der Waals surface area contributed by atoms with Gasteiger partial charge in [0.15, 0.2) is 5.78 Å². The summed E-state index contributed by atoms with van der Waals surface area (Å²) in [5, 5.41) is 0.565. The minimum absolute atomic E-state index is 0.196. The van der Waals surface area contributed by atoms with Gasteiger partial charge in [-0.05, 0) is 48.0 Å². The SMILES string of the molecule is O=C(/C=C/c1ccccc1Cl)c1ccc(N2C(=O)C=CC2=O)cc1. The largest absolute Gasteiger partial charge is 0.289 e. The zero-order chi connectivity index (χ0) is 17.1. The van der Waals surface area contributed by atoms with Crippen molar-refractivity contribution in [3.8, 4) is 0 Å². The van der Waals surface area contributed by atoms with Crippen molar-refractivity contribution in [2.45, 2.75) is 0 Å². The van der Waals surface area contributed by atoms with Crippen LogP contribution in [0.5, 0.6) is 0 Å². The predicted octanol–water partition coefficient (Wildman–Crippen LogP) is 3.67. The lowest BCUT2D eigenvalue weighted by atomic mass is 10.1. The van der Waals surface area contributed by atoms with E-state index >= 15 is 0 Å². The molecule has 2 amide bonds. The average Bonchev–Trinajstić information content (AvgIpc) is 2.93. The molecule has 5 heteroatoms. The summed E-state index contributed by atoms with van der Waals surface area (Å²) in [6.45, 7) is 0. The van der Waals surface area contributed by atoms with Gasteiger partial charge < -0.3 is 0 Å². The van der Waals surface area contributed by atoms with E-state index in [1.54, 1.807) is 36.4 Å². The van der Waals surface area contributed by atoms with E-state index in [9.17, 15) is 14.4 Å². The Morgan fingerprint density at radius 1 is 0.917 bits per heavy atom. The molecule has 0 N–H and O–H groups in total. The van der Waals surface area contributed by atoms with Crippen molar-refractivity contribution < 1.29 is 14.4 Å². The van der Waals surface area contributed by atoms with E-state index in [1.165, 1.54) is 18.2 Å². The highest BCUT2D eigenvalue weighted by Gasteiger charge is 2.24. The Morgan fingerprint density at radius 2 is 1.54 bits per heavy atom. The molecule has 0 unspecified atom stereocenters. The summed E-state index contributed by atoms with van der Waals surface area (Å²) in [4.78, 5) is 36.5. The third-order valence-electron chi connectivity index (χ3n) is 3.54. The summed E-state index contributed by atoms with van der Waals surface area (Å²) in [6.07, 6.45) is 5.52. The van der Waals surface area contributed by atoms with Gasteiger partial charge in [0.25, 0.3) is 11.8 Å². The number of allylic oxidation sites excluding steroid dienone is 1. The second-order valence-electron chi connectivity index (χ2n) is 5.11. The van der Waals surface area contributed by atoms with E-state index in [2.05, 4.69) is 0 Å². The van der Waals surface area contributed by atoms with E-state index in [0.717, 1.165) is 10.5 Å². The van der Waals surface area contributed by atoms with Gasteiger partial charge in [0.2, 0.25) is 0 Å². The number of carbonyl (C=O) groups excluding carboxylic acids is 3. The second-order valence-corrected chi connectivity index (χ2v) is 5.52. The lowest BCUT2D eigenvalue weighted by Crippen LogP contribution is -2.29. The van der Waals surface area contributed by atoms with Crippen LogP contribution in [-0.2, 0) is 9.59 Å². The molecule has 3 rings (SSSR count). The van der Waals surface area contributed by atoms with E-state index in [1.807, 2.05) is 18.2 Å². The molecule has 0 aliphatic carbocycles. The first-order chi connectivity index (χ1) is 11.6. The van der Waals surface area contributed by atoms with Crippen molar-refractivity contribution in [3.63, 3.8) is 0 Å². The van der Waals surface area contributed by atoms with Gasteiger partial charge in [-0.2, -0.15) is 0 Å². The van der Waals surface area contributed by atoms with Gasteiger partial charge in [-0.25, -0.2) is 4.90 Å². The maximum atomic E-state index is 12.2. The van der Waals surface area contributed by atoms with Crippen molar-refractivity contribution in [2.75, 3.05) is 4.90 Å². The van der Waals surface area contributed by atoms with Crippen LogP contribution in [0.15, 0.2) is 66.8 Å². The molecule has 1 aliphatic heterocycles. The summed E-state index contributed by atoms with van der Waals surface area (Å²) in [6, 6.07) is 13.5. The Labute approximate surface area is 143 Å². The van der Waals surface area contributed by atoms with Gasteiger partial charge in [0.1, 0.15) is 0 Å². The summed E-state index contributed by atoms with van der Waals surface area (Å²) in [5.41, 5.74) is 1.64. The van der Waals surface area contributed by atoms with Gasteiger partial charge in [0.05, 0.1) is 5.69 Å². The summed E-state index contributed by atoms with van der Waals surface area (Å²) in [5.74, 6) is -0.978. The summed E-state index contributed by atoms with van der Waals surface area (Å²) < 4.78 is 0. The number of nitrogens with zero attached hydrogens (tertiary/aromatic N) is 1. The molecule has 2 aromatic carbocycles. The van der Waals surface area contributed by atoms with Gasteiger partial charge in [-0.1, -0.05) is 29.8 Å². The zero-order valence-corrected chi connectivity index (χ0v) is 13.2. The first-order valence-electron chi connectivity index (χ1n) is 7.19. The van der Waals surface area contributed by atoms with Gasteiger partial charge in [0, 0.05) is 22.7 Å². The van der Waals surface area contributed by atoms with Crippen molar-refractivity contribution >= 4 is 41.0 Å². The number of hydrogen-bond acceptors (Lipinski definition) is 3. The van der Waals surface area contributed by atoms with Crippen LogP contribution in [0.4, 0.5) is 5.69 Å². The highest BCUT2D eigenvalue weighted by molar-refractivity contribution is 6.32. The van der Waals surface area contributed by atoms with Crippen LogP contribution in [0.3, 0.4) is 0 Å². The summed E-state index contributed by atoms with van der Waals surface area (Å²) in [7, 11) is 0. The fourth-order valence-electron chi connectivity index (χ4n) is 2.30. The Morgan fingerprint density at radius 3 is 2.17 bits per heavy atom. The number of anilines is 1. The molecular formula is C19H12ClNO3. The number of amides is 2. The molecule has 1 heterocycles. The third kappa shape index (κ3) is 3.19. The fourth-order valence-corrected chi connectivity index (χ4v) is 2.50. The standard InChI is InChI=1S/C19H12ClNO3/c20-16-4-2-1-3-13(16)7-10-17(22)14-5-8-15(9-6-14)21-18(23)11-12-19(21)24/h1-12H/b10-7+. The molecule has 24 heavy (non-hydrogen) atoms. The first-order valence-corrected chi connectivity index (χ1v) is 7.57. The maximum absolute atomic E-state index is 12.2. The monoisotopic (exact) mass is 337 g/mol. The normalized spacial score (nSPS) is 14.0. The van der Waals surface area contributed by atoms with Gasteiger partial charge in [-0.15, -0.1) is 0 Å². The molecule has 118 valence electrons. The number of rotatable bonds is 4. The molecule has 0 saturated carbocycles. The molecule has 0 radical (unpaired) electrons. The molecular weight excluding hydrogens is 326 g/mol. The number of halogens is 1. The predicted molar refractivity (Wildman–Crippen MR) is 92.9 cm³/mol. The maximum Gasteiger partial charge on any atom is 0.258 e. The molecule has 1 aliphatic rings. The highest BCUT2D eigenvalue weighted by Crippen LogP contribution is 2.20. The van der Waals surface area contributed by atoms with Crippen LogP contribution in [0.25, 0.3) is 6.08 Å². The minimum atomic E-state index is -0.391. The number of ketones is 1. The number of carbonyl (C=O) groups is 3. The smallest absolute Gasteiger partial charge is 0.258 e. The third-order valence-corrected chi connectivity index (χ3v) is 3.88. The lowest BCUT2D eigenvalue weighted by Gasteiger charge is -2.13. The van der Waals surface area contributed by atoms with Crippen LogP contribution in [0.1, 0.15) is 15.9 Å². The molecule has 2 aromatic rings. The van der Waals surface area contributed by atoms with Crippen molar-refractivity contribution in [1.82, 2.24) is 0 Å². The van der Waals surface area contributed by atoms with Crippen LogP contribution >= 0.6 is 11.6 Å². The Bertz CT molecular complexity index is 864. The number of hydrogen-bond donors (Lipinski definition) is 0. The number of imide groups is 1. The highest BCUT2D eigenvalue weighted by atomic mass is 35.5. The molecule has 0 spiro atoms. The van der Waals surface area contributed by atoms with Crippen molar-refractivity contribution in [2.24, 2.45) is 0 Å². The average molecular weight is 338 g/mol. The Balaban J connectivity index is 1.76. The van der Waals surface area contributed by atoms with Crippen LogP contribution in [0, 0.1) is 0 Å². The molecule has 0 saturated heterocycles. The van der Waals surface area contributed by atoms with Gasteiger partial charge in [-0.3, -0.25) is 14.4 Å². The minimum Gasteiger partial charge on any atom is -0.289 e. The zero-order valence-electron chi connectivity index (χ0n) is 12.5. The number of benzene rings is 2. The summed E-state index contributed by atoms with van der Waals surface area (Å²) >= 11 is 6.04. The molecule has 0 aromatic heterocycles. The second kappa shape index (κ2) is 6.64. The van der Waals surface area contributed by atoms with Crippen LogP contribution in [0.2, 0.25) is 5.02 Å². The van der Waals surface area contributed by atoms with Crippen molar-refractivity contribution in [3.05, 3.63) is 82.9 Å². The lowest BCUT2D eigenvalue weighted by molar-refractivity contribution is -0.119. The Kier molecular flexibility index (Phi) is 4.40. The van der Waals surface area contributed by atoms with Crippen LogP contribution in [-0.4, -0.2) is 17.6 Å². The van der Waals surface area contributed by atoms with Gasteiger partial charge >= 0.3 is 0 Å². The van der Waals surface area contributed by atoms with E-state index in [0.29, 0.717) is 16.3 Å². The topological polar surface area (TPSA) is 54.5 Å². The van der Waals surface area contributed by atoms with Crippen LogP contribution < -0.4 is 4.90 Å². The first kappa shape index (κ1) is 15.9. The molecule has 0 fully saturated rings. The molecule has 0 atom stereocenters. The molecule has 0 bridgehead atoms. The van der Waals surface area contributed by atoms with Crippen molar-refractivity contribution in [1.29, 1.82) is 0 Å². The van der Waals surface area contributed by atoms with E-state index < -0.39 is 11.8 Å². The quantitative estimate of drug-likeness (QED) is 0.486. The molecule has 4 nitrogen and oxygen atoms in total. The van der Waals surface area contributed by atoms with E-state index in [-0.39, 0.29) is 5.78 Å². The fraction of sp³-hybridized carbons (Fsp3) is 0. The Hall–Kier alpha value is -2.98. The van der Waals surface area contributed by atoms with E-state index in [4.69, 9.17) is 11.6 Å².